The molecule has 0 spiro atoms. The summed E-state index contributed by atoms with van der Waals surface area (Å²) < 4.78 is 10.4. The number of hydrogen-bond donors (Lipinski definition) is 0. The molecule has 118 valence electrons. The van der Waals surface area contributed by atoms with E-state index in [0.29, 0.717) is 31.5 Å². The molecule has 4 heteroatoms. The molecule has 0 rings (SSSR count). The Labute approximate surface area is 123 Å². The molecule has 0 N–H and O–H groups in total. The lowest BCUT2D eigenvalue weighted by Crippen LogP contribution is -2.21. The van der Waals surface area contributed by atoms with Gasteiger partial charge in [-0.15, -0.1) is 0 Å². The minimum Gasteiger partial charge on any atom is -0.465 e. The first kappa shape index (κ1) is 18.9. The summed E-state index contributed by atoms with van der Waals surface area (Å²) in [6, 6.07) is 0. The third-order valence-electron chi connectivity index (χ3n) is 2.80. The zero-order chi connectivity index (χ0) is 15.5. The van der Waals surface area contributed by atoms with Crippen LogP contribution in [-0.4, -0.2) is 25.2 Å². The molecule has 0 aliphatic carbocycles. The molecule has 0 radical (unpaired) electrons. The molecule has 20 heavy (non-hydrogen) atoms. The number of carbonyl (C=O) groups excluding carboxylic acids is 2. The molecular weight excluding hydrogens is 256 g/mol. The Morgan fingerprint density at radius 1 is 0.900 bits per heavy atom. The van der Waals surface area contributed by atoms with Gasteiger partial charge in [0, 0.05) is 6.42 Å². The molecule has 0 aromatic carbocycles. The predicted octanol–water partition coefficient (Wildman–Crippen LogP) is 3.58. The molecule has 0 aromatic rings. The zero-order valence-corrected chi connectivity index (χ0v) is 13.6. The highest BCUT2D eigenvalue weighted by molar-refractivity contribution is 5.74. The van der Waals surface area contributed by atoms with Crippen molar-refractivity contribution in [2.45, 2.75) is 60.3 Å². The van der Waals surface area contributed by atoms with Crippen LogP contribution in [0.2, 0.25) is 0 Å². The van der Waals surface area contributed by atoms with Crippen LogP contribution in [0, 0.1) is 17.8 Å². The van der Waals surface area contributed by atoms with Gasteiger partial charge in [-0.3, -0.25) is 9.59 Å². The summed E-state index contributed by atoms with van der Waals surface area (Å²) >= 11 is 0. The molecule has 0 bridgehead atoms. The van der Waals surface area contributed by atoms with Crippen LogP contribution in [0.1, 0.15) is 60.3 Å². The third kappa shape index (κ3) is 9.82. The lowest BCUT2D eigenvalue weighted by molar-refractivity contribution is -0.151. The maximum Gasteiger partial charge on any atom is 0.308 e. The Bertz CT molecular complexity index is 284. The molecule has 0 fully saturated rings. The van der Waals surface area contributed by atoms with Gasteiger partial charge in [-0.05, 0) is 24.7 Å². The second-order valence-electron chi connectivity index (χ2n) is 6.13. The fourth-order valence-electron chi connectivity index (χ4n) is 1.72. The van der Waals surface area contributed by atoms with Gasteiger partial charge >= 0.3 is 11.9 Å². The summed E-state index contributed by atoms with van der Waals surface area (Å²) in [6.07, 6.45) is 2.47. The van der Waals surface area contributed by atoms with E-state index in [1.54, 1.807) is 0 Å². The van der Waals surface area contributed by atoms with Crippen molar-refractivity contribution in [1.29, 1.82) is 0 Å². The van der Waals surface area contributed by atoms with Crippen molar-refractivity contribution in [2.24, 2.45) is 17.8 Å². The third-order valence-corrected chi connectivity index (χ3v) is 2.80. The Kier molecular flexibility index (Phi) is 10.1. The SMILES string of the molecule is CCCC(CCC(=O)OCC(C)C)C(=O)OCC(C)C. The standard InChI is InChI=1S/C16H30O4/c1-6-7-14(16(18)20-11-13(4)5)8-9-15(17)19-10-12(2)3/h12-14H,6-11H2,1-5H3. The van der Waals surface area contributed by atoms with E-state index in [1.807, 2.05) is 34.6 Å². The van der Waals surface area contributed by atoms with E-state index in [2.05, 4.69) is 0 Å². The molecule has 1 unspecified atom stereocenters. The van der Waals surface area contributed by atoms with E-state index in [-0.39, 0.29) is 24.3 Å². The van der Waals surface area contributed by atoms with E-state index >= 15 is 0 Å². The van der Waals surface area contributed by atoms with Gasteiger partial charge in [0.2, 0.25) is 0 Å². The Morgan fingerprint density at radius 2 is 1.45 bits per heavy atom. The Balaban J connectivity index is 4.12. The van der Waals surface area contributed by atoms with Crippen LogP contribution < -0.4 is 0 Å². The van der Waals surface area contributed by atoms with Gasteiger partial charge in [0.1, 0.15) is 0 Å². The summed E-state index contributed by atoms with van der Waals surface area (Å²) in [5.41, 5.74) is 0. The van der Waals surface area contributed by atoms with Gasteiger partial charge in [0.25, 0.3) is 0 Å². The largest absolute Gasteiger partial charge is 0.465 e. The molecule has 0 aromatic heterocycles. The molecule has 4 nitrogen and oxygen atoms in total. The molecule has 0 aliphatic heterocycles. The Hall–Kier alpha value is -1.06. The van der Waals surface area contributed by atoms with Crippen LogP contribution in [0.25, 0.3) is 0 Å². The quantitative estimate of drug-likeness (QED) is 0.576. The topological polar surface area (TPSA) is 52.6 Å². The maximum absolute atomic E-state index is 11.9. The van der Waals surface area contributed by atoms with Crippen molar-refractivity contribution in [3.8, 4) is 0 Å². The normalized spacial score (nSPS) is 12.6. The zero-order valence-electron chi connectivity index (χ0n) is 13.6. The number of carbonyl (C=O) groups is 2. The van der Waals surface area contributed by atoms with Crippen molar-refractivity contribution >= 4 is 11.9 Å². The van der Waals surface area contributed by atoms with Crippen LogP contribution >= 0.6 is 0 Å². The summed E-state index contributed by atoms with van der Waals surface area (Å²) in [5, 5.41) is 0. The van der Waals surface area contributed by atoms with Gasteiger partial charge in [-0.1, -0.05) is 41.0 Å². The first-order valence-corrected chi connectivity index (χ1v) is 7.69. The number of rotatable bonds is 10. The van der Waals surface area contributed by atoms with Crippen LogP contribution in [0.3, 0.4) is 0 Å². The smallest absolute Gasteiger partial charge is 0.308 e. The summed E-state index contributed by atoms with van der Waals surface area (Å²) in [5.74, 6) is 0.0673. The van der Waals surface area contributed by atoms with E-state index < -0.39 is 0 Å². The second kappa shape index (κ2) is 10.7. The van der Waals surface area contributed by atoms with Crippen molar-refractivity contribution in [1.82, 2.24) is 0 Å². The molecule has 0 heterocycles. The first-order valence-electron chi connectivity index (χ1n) is 7.69. The van der Waals surface area contributed by atoms with Crippen LogP contribution in [0.15, 0.2) is 0 Å². The molecule has 0 amide bonds. The lowest BCUT2D eigenvalue weighted by Gasteiger charge is -2.16. The van der Waals surface area contributed by atoms with Crippen LogP contribution in [0.5, 0.6) is 0 Å². The highest BCUT2D eigenvalue weighted by atomic mass is 16.5. The van der Waals surface area contributed by atoms with E-state index in [4.69, 9.17) is 9.47 Å². The molecule has 0 aliphatic rings. The number of ether oxygens (including phenoxy) is 2. The summed E-state index contributed by atoms with van der Waals surface area (Å²) in [6.45, 7) is 10.9. The fourth-order valence-corrected chi connectivity index (χ4v) is 1.72. The number of esters is 2. The maximum atomic E-state index is 11.9. The summed E-state index contributed by atoms with van der Waals surface area (Å²) in [4.78, 5) is 23.5. The van der Waals surface area contributed by atoms with Gasteiger partial charge in [0.15, 0.2) is 0 Å². The average Bonchev–Trinajstić information content (AvgIpc) is 2.38. The van der Waals surface area contributed by atoms with Gasteiger partial charge in [-0.25, -0.2) is 0 Å². The van der Waals surface area contributed by atoms with Crippen molar-refractivity contribution in [3.05, 3.63) is 0 Å². The summed E-state index contributed by atoms with van der Waals surface area (Å²) in [7, 11) is 0. The van der Waals surface area contributed by atoms with Gasteiger partial charge in [0.05, 0.1) is 19.1 Å². The van der Waals surface area contributed by atoms with E-state index in [0.717, 1.165) is 12.8 Å². The Morgan fingerprint density at radius 3 is 1.95 bits per heavy atom. The van der Waals surface area contributed by atoms with Crippen LogP contribution in [0.4, 0.5) is 0 Å². The van der Waals surface area contributed by atoms with Crippen LogP contribution in [-0.2, 0) is 19.1 Å². The molecular formula is C16H30O4. The highest BCUT2D eigenvalue weighted by Gasteiger charge is 2.21. The van der Waals surface area contributed by atoms with Gasteiger partial charge < -0.3 is 9.47 Å². The fraction of sp³-hybridized carbons (Fsp3) is 0.875. The molecule has 0 saturated carbocycles. The number of hydrogen-bond acceptors (Lipinski definition) is 4. The molecule has 0 saturated heterocycles. The monoisotopic (exact) mass is 286 g/mol. The van der Waals surface area contributed by atoms with Crippen molar-refractivity contribution < 1.29 is 19.1 Å². The highest BCUT2D eigenvalue weighted by Crippen LogP contribution is 2.16. The van der Waals surface area contributed by atoms with Gasteiger partial charge in [-0.2, -0.15) is 0 Å². The van der Waals surface area contributed by atoms with Crippen molar-refractivity contribution in [2.75, 3.05) is 13.2 Å². The molecule has 1 atom stereocenters. The minimum absolute atomic E-state index is 0.183. The predicted molar refractivity (Wildman–Crippen MR) is 79.2 cm³/mol. The second-order valence-corrected chi connectivity index (χ2v) is 6.13. The minimum atomic E-state index is -0.225. The van der Waals surface area contributed by atoms with Crippen molar-refractivity contribution in [3.63, 3.8) is 0 Å². The average molecular weight is 286 g/mol. The first-order chi connectivity index (χ1) is 9.36. The van der Waals surface area contributed by atoms with E-state index in [1.165, 1.54) is 0 Å². The van der Waals surface area contributed by atoms with E-state index in [9.17, 15) is 9.59 Å². The lowest BCUT2D eigenvalue weighted by atomic mass is 9.98.